The molecule has 0 atom stereocenters. The van der Waals surface area contributed by atoms with E-state index in [1.54, 1.807) is 0 Å². The lowest BCUT2D eigenvalue weighted by Gasteiger charge is -2.14. The van der Waals surface area contributed by atoms with Gasteiger partial charge < -0.3 is 10.1 Å². The molecule has 0 heterocycles. The van der Waals surface area contributed by atoms with E-state index in [0.29, 0.717) is 17.3 Å². The van der Waals surface area contributed by atoms with Gasteiger partial charge in [-0.1, -0.05) is 60.1 Å². The molecule has 3 heteroatoms. The van der Waals surface area contributed by atoms with Crippen LogP contribution in [0.25, 0.3) is 10.8 Å². The second-order valence-corrected chi connectivity index (χ2v) is 5.24. The summed E-state index contributed by atoms with van der Waals surface area (Å²) in [4.78, 5) is 0. The minimum atomic E-state index is 0.621. The van der Waals surface area contributed by atoms with Gasteiger partial charge in [0.2, 0.25) is 0 Å². The summed E-state index contributed by atoms with van der Waals surface area (Å²) in [5.41, 5.74) is 1.04. The molecule has 0 aliphatic heterocycles. The highest BCUT2D eigenvalue weighted by Gasteiger charge is 2.10. The maximum atomic E-state index is 6.31. The summed E-state index contributed by atoms with van der Waals surface area (Å²) < 4.78 is 6.13. The Morgan fingerprint density at radius 1 is 0.952 bits per heavy atom. The van der Waals surface area contributed by atoms with E-state index in [4.69, 9.17) is 16.3 Å². The standard InChI is InChI=1S/C18H16ClNO/c1-20-12-14-8-4-10-16(19)18(14)21-17-11-5-7-13-6-2-3-9-15(13)17/h2-11,20H,12H2,1H3. The number of benzene rings is 3. The molecule has 21 heavy (non-hydrogen) atoms. The Morgan fingerprint density at radius 3 is 2.57 bits per heavy atom. The fraction of sp³-hybridized carbons (Fsp3) is 0.111. The Labute approximate surface area is 129 Å². The van der Waals surface area contributed by atoms with E-state index in [1.807, 2.05) is 49.5 Å². The van der Waals surface area contributed by atoms with Gasteiger partial charge in [0, 0.05) is 17.5 Å². The normalized spacial score (nSPS) is 10.8. The fourth-order valence-corrected chi connectivity index (χ4v) is 2.62. The van der Waals surface area contributed by atoms with Crippen molar-refractivity contribution in [2.45, 2.75) is 6.54 Å². The second-order valence-electron chi connectivity index (χ2n) is 4.84. The van der Waals surface area contributed by atoms with Crippen LogP contribution in [0.3, 0.4) is 0 Å². The molecule has 0 aliphatic rings. The first-order valence-corrected chi connectivity index (χ1v) is 7.25. The minimum Gasteiger partial charge on any atom is -0.455 e. The summed E-state index contributed by atoms with van der Waals surface area (Å²) in [6, 6.07) is 20.0. The SMILES string of the molecule is CNCc1cccc(Cl)c1Oc1cccc2ccccc12. The maximum absolute atomic E-state index is 6.31. The van der Waals surface area contributed by atoms with Crippen molar-refractivity contribution < 1.29 is 4.74 Å². The second kappa shape index (κ2) is 6.17. The van der Waals surface area contributed by atoms with Crippen LogP contribution in [-0.2, 0) is 6.54 Å². The van der Waals surface area contributed by atoms with Gasteiger partial charge in [-0.05, 0) is 24.6 Å². The van der Waals surface area contributed by atoms with Gasteiger partial charge in [0.25, 0.3) is 0 Å². The number of hydrogen-bond acceptors (Lipinski definition) is 2. The summed E-state index contributed by atoms with van der Waals surface area (Å²) in [6.45, 7) is 0.709. The topological polar surface area (TPSA) is 21.3 Å². The van der Waals surface area contributed by atoms with Crippen LogP contribution in [0.5, 0.6) is 11.5 Å². The number of halogens is 1. The van der Waals surface area contributed by atoms with Gasteiger partial charge in [-0.15, -0.1) is 0 Å². The molecule has 106 valence electrons. The van der Waals surface area contributed by atoms with Crippen molar-refractivity contribution in [3.05, 3.63) is 71.2 Å². The molecule has 3 aromatic carbocycles. The van der Waals surface area contributed by atoms with Crippen molar-refractivity contribution in [2.24, 2.45) is 0 Å². The van der Waals surface area contributed by atoms with Crippen molar-refractivity contribution in [3.63, 3.8) is 0 Å². The van der Waals surface area contributed by atoms with Crippen molar-refractivity contribution in [1.82, 2.24) is 5.32 Å². The molecule has 0 spiro atoms. The lowest BCUT2D eigenvalue weighted by molar-refractivity contribution is 0.480. The molecule has 0 bridgehead atoms. The Balaban J connectivity index is 2.07. The average molecular weight is 298 g/mol. The molecule has 3 rings (SSSR count). The maximum Gasteiger partial charge on any atom is 0.150 e. The highest BCUT2D eigenvalue weighted by atomic mass is 35.5. The third-order valence-corrected chi connectivity index (χ3v) is 3.68. The van der Waals surface area contributed by atoms with Crippen LogP contribution in [0.1, 0.15) is 5.56 Å². The minimum absolute atomic E-state index is 0.621. The molecule has 1 N–H and O–H groups in total. The smallest absolute Gasteiger partial charge is 0.150 e. The Morgan fingerprint density at radius 2 is 1.71 bits per heavy atom. The van der Waals surface area contributed by atoms with Gasteiger partial charge in [0.1, 0.15) is 5.75 Å². The van der Waals surface area contributed by atoms with Crippen LogP contribution in [0, 0.1) is 0 Å². The molecular weight excluding hydrogens is 282 g/mol. The van der Waals surface area contributed by atoms with E-state index in [1.165, 1.54) is 0 Å². The van der Waals surface area contributed by atoms with E-state index in [0.717, 1.165) is 22.1 Å². The quantitative estimate of drug-likeness (QED) is 0.731. The van der Waals surface area contributed by atoms with E-state index in [-0.39, 0.29) is 0 Å². The summed E-state index contributed by atoms with van der Waals surface area (Å²) in [6.07, 6.45) is 0. The Kier molecular flexibility index (Phi) is 4.09. The molecule has 0 fully saturated rings. The number of rotatable bonds is 4. The van der Waals surface area contributed by atoms with Crippen LogP contribution in [0.15, 0.2) is 60.7 Å². The van der Waals surface area contributed by atoms with E-state index >= 15 is 0 Å². The van der Waals surface area contributed by atoms with Crippen LogP contribution in [0.4, 0.5) is 0 Å². The highest BCUT2D eigenvalue weighted by Crippen LogP contribution is 2.36. The van der Waals surface area contributed by atoms with Crippen LogP contribution < -0.4 is 10.1 Å². The fourth-order valence-electron chi connectivity index (χ4n) is 2.39. The number of nitrogens with one attached hydrogen (secondary N) is 1. The predicted octanol–water partition coefficient (Wildman–Crippen LogP) is 5.00. The molecule has 2 nitrogen and oxygen atoms in total. The molecule has 3 aromatic rings. The molecule has 0 radical (unpaired) electrons. The van der Waals surface area contributed by atoms with Crippen molar-refractivity contribution in [2.75, 3.05) is 7.05 Å². The predicted molar refractivity (Wildman–Crippen MR) is 88.2 cm³/mol. The van der Waals surface area contributed by atoms with Crippen molar-refractivity contribution >= 4 is 22.4 Å². The van der Waals surface area contributed by atoms with Gasteiger partial charge in [-0.25, -0.2) is 0 Å². The molecular formula is C18H16ClNO. The summed E-state index contributed by atoms with van der Waals surface area (Å²) in [5.74, 6) is 1.53. The third kappa shape index (κ3) is 2.87. The monoisotopic (exact) mass is 297 g/mol. The summed E-state index contributed by atoms with van der Waals surface area (Å²) in [7, 11) is 1.91. The van der Waals surface area contributed by atoms with E-state index in [9.17, 15) is 0 Å². The Hall–Kier alpha value is -2.03. The molecule has 0 amide bonds. The number of hydrogen-bond donors (Lipinski definition) is 1. The third-order valence-electron chi connectivity index (χ3n) is 3.38. The zero-order valence-corrected chi connectivity index (χ0v) is 12.5. The Bertz CT molecular complexity index is 765. The summed E-state index contributed by atoms with van der Waals surface area (Å²) in [5, 5.41) is 5.99. The van der Waals surface area contributed by atoms with E-state index in [2.05, 4.69) is 23.5 Å². The van der Waals surface area contributed by atoms with Gasteiger partial charge in [0.05, 0.1) is 5.02 Å². The first-order valence-electron chi connectivity index (χ1n) is 6.87. The molecule has 0 saturated carbocycles. The number of ether oxygens (including phenoxy) is 1. The molecule has 0 aromatic heterocycles. The number of fused-ring (bicyclic) bond motifs is 1. The first-order chi connectivity index (χ1) is 10.3. The van der Waals surface area contributed by atoms with Crippen molar-refractivity contribution in [1.29, 1.82) is 0 Å². The van der Waals surface area contributed by atoms with Gasteiger partial charge in [-0.2, -0.15) is 0 Å². The zero-order valence-electron chi connectivity index (χ0n) is 11.8. The van der Waals surface area contributed by atoms with Gasteiger partial charge in [0.15, 0.2) is 5.75 Å². The van der Waals surface area contributed by atoms with E-state index < -0.39 is 0 Å². The molecule has 0 unspecified atom stereocenters. The summed E-state index contributed by atoms with van der Waals surface area (Å²) >= 11 is 6.31. The van der Waals surface area contributed by atoms with Crippen LogP contribution in [-0.4, -0.2) is 7.05 Å². The average Bonchev–Trinajstić information content (AvgIpc) is 2.51. The van der Waals surface area contributed by atoms with Crippen LogP contribution >= 0.6 is 11.6 Å². The first kappa shape index (κ1) is 13.9. The van der Waals surface area contributed by atoms with Gasteiger partial charge >= 0.3 is 0 Å². The molecule has 0 saturated heterocycles. The lowest BCUT2D eigenvalue weighted by atomic mass is 10.1. The van der Waals surface area contributed by atoms with Crippen LogP contribution in [0.2, 0.25) is 5.02 Å². The lowest BCUT2D eigenvalue weighted by Crippen LogP contribution is -2.06. The highest BCUT2D eigenvalue weighted by molar-refractivity contribution is 6.32. The zero-order chi connectivity index (χ0) is 14.7. The largest absolute Gasteiger partial charge is 0.455 e. The van der Waals surface area contributed by atoms with Gasteiger partial charge in [-0.3, -0.25) is 0 Å². The van der Waals surface area contributed by atoms with Crippen molar-refractivity contribution in [3.8, 4) is 11.5 Å². The molecule has 0 aliphatic carbocycles. The number of para-hydroxylation sites is 1.